The maximum Gasteiger partial charge on any atom is 0.239 e. The van der Waals surface area contributed by atoms with E-state index >= 15 is 0 Å². The molecule has 0 spiro atoms. The summed E-state index contributed by atoms with van der Waals surface area (Å²) in [5.74, 6) is 5.07. The fourth-order valence-corrected chi connectivity index (χ4v) is 9.00. The van der Waals surface area contributed by atoms with Crippen molar-refractivity contribution in [2.75, 3.05) is 73.3 Å². The molecule has 0 atom stereocenters. The summed E-state index contributed by atoms with van der Waals surface area (Å²) < 4.78 is 41.3. The van der Waals surface area contributed by atoms with Gasteiger partial charge < -0.3 is 41.0 Å². The van der Waals surface area contributed by atoms with Crippen molar-refractivity contribution in [3.05, 3.63) is 132 Å². The Kier molecular flexibility index (Phi) is 26.0. The summed E-state index contributed by atoms with van der Waals surface area (Å²) in [7, 11) is 3.69. The first-order valence-electron chi connectivity index (χ1n) is 26.7. The van der Waals surface area contributed by atoms with Crippen LogP contribution in [0.15, 0.2) is 114 Å². The molecule has 0 unspecified atom stereocenters. The fraction of sp³-hybridized carbons (Fsp3) is 0.397. The zero-order chi connectivity index (χ0) is 56.6. The number of nitrogens with zero attached hydrogens (tertiary/aromatic N) is 7. The number of fused-ring (bicyclic) bond motifs is 1. The van der Waals surface area contributed by atoms with Crippen LogP contribution in [-0.2, 0) is 16.6 Å². The SMILES string of the molecule is C.C.C.CC(C)c1ccc(F)c(N=C=S)c1.CC1CCN(CC(=O)Nc2cc(Oc3ccc4c(c3)nc(Nc3cc(C(C)C)ccc3F)n4C)ccn2)CC1.CNc1ccc(Oc2ccnc(NC(=O)CN3CCC(C)CC3)c2)cc1N. The third kappa shape index (κ3) is 19.4. The third-order valence-electron chi connectivity index (χ3n) is 13.8. The second-order valence-electron chi connectivity index (χ2n) is 20.7. The molecule has 2 aliphatic rings. The first-order chi connectivity index (χ1) is 37.9. The van der Waals surface area contributed by atoms with Gasteiger partial charge in [-0.3, -0.25) is 19.4 Å². The third-order valence-corrected chi connectivity index (χ3v) is 13.9. The number of piperidine rings is 2. The molecule has 4 aromatic carbocycles. The summed E-state index contributed by atoms with van der Waals surface area (Å²) >= 11 is 4.42. The van der Waals surface area contributed by atoms with Gasteiger partial charge in [0.1, 0.15) is 52.0 Å². The van der Waals surface area contributed by atoms with Gasteiger partial charge in [0.15, 0.2) is 0 Å². The second-order valence-corrected chi connectivity index (χ2v) is 20.9. The molecule has 6 N–H and O–H groups in total. The van der Waals surface area contributed by atoms with Crippen LogP contribution < -0.4 is 36.5 Å². The summed E-state index contributed by atoms with van der Waals surface area (Å²) in [6.07, 6.45) is 7.74. The van der Waals surface area contributed by atoms with Crippen molar-refractivity contribution in [3.63, 3.8) is 0 Å². The van der Waals surface area contributed by atoms with E-state index in [0.717, 1.165) is 86.0 Å². The number of hydrogen-bond donors (Lipinski definition) is 5. The number of rotatable bonds is 16. The number of nitrogens with two attached hydrogens (primary N) is 1. The number of thiocarbonyl (C=S) groups is 1. The zero-order valence-electron chi connectivity index (χ0n) is 46.3. The van der Waals surface area contributed by atoms with Crippen LogP contribution >= 0.6 is 12.2 Å². The first kappa shape index (κ1) is 66.7. The monoisotopic (exact) mass is 1140 g/mol. The lowest BCUT2D eigenvalue weighted by Gasteiger charge is -2.29. The average Bonchev–Trinajstić information content (AvgIpc) is 3.74. The van der Waals surface area contributed by atoms with E-state index in [4.69, 9.17) is 15.2 Å². The smallest absolute Gasteiger partial charge is 0.239 e. The minimum Gasteiger partial charge on any atom is -0.457 e. The second kappa shape index (κ2) is 32.0. The predicted molar refractivity (Wildman–Crippen MR) is 336 cm³/mol. The molecule has 82 heavy (non-hydrogen) atoms. The van der Waals surface area contributed by atoms with Crippen LogP contribution in [0.4, 0.5) is 49.1 Å². The summed E-state index contributed by atoms with van der Waals surface area (Å²) in [5, 5.41) is 14.0. The molecular formula is C63H84F2N12O4S. The molecule has 7 aromatic rings. The molecule has 0 radical (unpaired) electrons. The number of benzene rings is 4. The minimum atomic E-state index is -0.359. The molecule has 3 aromatic heterocycles. The number of imidazole rings is 1. The molecule has 2 fully saturated rings. The number of hydrogen-bond acceptors (Lipinski definition) is 14. The van der Waals surface area contributed by atoms with Crippen molar-refractivity contribution >= 4 is 80.6 Å². The van der Waals surface area contributed by atoms with Gasteiger partial charge in [-0.15, -0.1) is 0 Å². The van der Waals surface area contributed by atoms with Crippen molar-refractivity contribution in [1.29, 1.82) is 0 Å². The van der Waals surface area contributed by atoms with Crippen molar-refractivity contribution in [3.8, 4) is 23.0 Å². The van der Waals surface area contributed by atoms with Gasteiger partial charge in [-0.1, -0.05) is 76.0 Å². The van der Waals surface area contributed by atoms with E-state index in [2.05, 4.69) is 96.1 Å². The number of amides is 2. The highest BCUT2D eigenvalue weighted by molar-refractivity contribution is 7.78. The van der Waals surface area contributed by atoms with Gasteiger partial charge in [0.05, 0.1) is 46.3 Å². The van der Waals surface area contributed by atoms with Crippen molar-refractivity contribution in [2.24, 2.45) is 23.9 Å². The van der Waals surface area contributed by atoms with Gasteiger partial charge in [0.25, 0.3) is 0 Å². The van der Waals surface area contributed by atoms with E-state index in [9.17, 15) is 18.4 Å². The highest BCUT2D eigenvalue weighted by Crippen LogP contribution is 2.32. The molecule has 0 saturated carbocycles. The maximum atomic E-state index is 14.5. The summed E-state index contributed by atoms with van der Waals surface area (Å²) in [6, 6.07) is 27.9. The number of aliphatic imine (C=N–C) groups is 1. The highest BCUT2D eigenvalue weighted by Gasteiger charge is 2.20. The molecule has 440 valence electrons. The Morgan fingerprint density at radius 2 is 1.17 bits per heavy atom. The number of anilines is 6. The van der Waals surface area contributed by atoms with E-state index < -0.39 is 0 Å². The number of halogens is 2. The molecule has 0 aliphatic carbocycles. The summed E-state index contributed by atoms with van der Waals surface area (Å²) in [6.45, 7) is 17.3. The minimum absolute atomic E-state index is 0. The Hall–Kier alpha value is -7.83. The number of aromatic nitrogens is 4. The molecule has 9 rings (SSSR count). The lowest BCUT2D eigenvalue weighted by molar-refractivity contribution is -0.118. The molecule has 2 aliphatic heterocycles. The number of carbonyl (C=O) groups excluding carboxylic acids is 2. The van der Waals surface area contributed by atoms with Crippen LogP contribution in [0, 0.1) is 23.5 Å². The Bertz CT molecular complexity index is 3240. The van der Waals surface area contributed by atoms with E-state index in [-0.39, 0.29) is 57.3 Å². The van der Waals surface area contributed by atoms with Crippen LogP contribution in [0.3, 0.4) is 0 Å². The van der Waals surface area contributed by atoms with Crippen molar-refractivity contribution in [1.82, 2.24) is 29.3 Å². The van der Waals surface area contributed by atoms with Gasteiger partial charge in [-0.25, -0.2) is 23.7 Å². The van der Waals surface area contributed by atoms with Crippen LogP contribution in [-0.4, -0.2) is 92.6 Å². The first-order valence-corrected chi connectivity index (χ1v) is 27.1. The lowest BCUT2D eigenvalue weighted by atomic mass is 9.99. The van der Waals surface area contributed by atoms with Crippen LogP contribution in [0.5, 0.6) is 23.0 Å². The number of ether oxygens (including phenoxy) is 2. The molecule has 2 saturated heterocycles. The van der Waals surface area contributed by atoms with Gasteiger partial charge in [0.2, 0.25) is 17.8 Å². The Morgan fingerprint density at radius 3 is 1.67 bits per heavy atom. The Morgan fingerprint density at radius 1 is 0.683 bits per heavy atom. The van der Waals surface area contributed by atoms with Gasteiger partial charge in [0, 0.05) is 50.8 Å². The topological polar surface area (TPSA) is 189 Å². The molecule has 2 amide bonds. The predicted octanol–water partition coefficient (Wildman–Crippen LogP) is 15.2. The van der Waals surface area contributed by atoms with Gasteiger partial charge in [-0.05, 0) is 160 Å². The van der Waals surface area contributed by atoms with E-state index in [1.165, 1.54) is 12.1 Å². The van der Waals surface area contributed by atoms with Gasteiger partial charge in [-0.2, -0.15) is 4.99 Å². The molecular weight excluding hydrogens is 1060 g/mol. The van der Waals surface area contributed by atoms with Crippen LogP contribution in [0.1, 0.15) is 112 Å². The quantitative estimate of drug-likeness (QED) is 0.0349. The number of carbonyl (C=O) groups is 2. The number of likely N-dealkylation sites (tertiary alicyclic amines) is 2. The fourth-order valence-electron chi connectivity index (χ4n) is 8.90. The van der Waals surface area contributed by atoms with Crippen LogP contribution in [0.25, 0.3) is 11.0 Å². The Balaban J connectivity index is 0.000000292. The number of nitrogens with one attached hydrogen (secondary N) is 4. The van der Waals surface area contributed by atoms with E-state index in [0.29, 0.717) is 76.5 Å². The molecule has 19 heteroatoms. The van der Waals surface area contributed by atoms with Crippen molar-refractivity contribution in [2.45, 2.75) is 101 Å². The average molecular weight is 1140 g/mol. The van der Waals surface area contributed by atoms with E-state index in [1.54, 1.807) is 60.9 Å². The number of nitrogen functional groups attached to an aromatic ring is 1. The largest absolute Gasteiger partial charge is 0.457 e. The van der Waals surface area contributed by atoms with E-state index in [1.807, 2.05) is 68.9 Å². The molecule has 0 bridgehead atoms. The van der Waals surface area contributed by atoms with Gasteiger partial charge >= 0.3 is 0 Å². The summed E-state index contributed by atoms with van der Waals surface area (Å²) in [4.78, 5) is 46.0. The number of isothiocyanates is 1. The standard InChI is InChI=1S/C30H35FN6O2.C20H27N5O2.C10H10FNS.3CH4/c1-19(2)21-5-7-24(31)25(15-21)33-30-34-26-16-22(6-8-27(26)36(30)4)39-23-9-12-32-28(17-23)35-29(38)18-37-13-10-20(3)11-14-37;1-14-6-9-25(10-7-14)13-20(26)24-19-12-16(5-8-23-19)27-15-3-4-18(22-2)17(21)11-15;1-7(2)8-3-4-9(11)10(5-8)12-6-13;;;/h5-9,12,15-17,19-20H,10-11,13-14,18H2,1-4H3,(H,33,34)(H,32,35,38);3-5,8,11-12,14,22H,6-7,9-10,13,21H2,1-2H3,(H,23,24,26);3-5,7H,1-2H3;3*1H4. The normalized spacial score (nSPS) is 13.6. The summed E-state index contributed by atoms with van der Waals surface area (Å²) in [5.41, 5.74) is 11.7. The number of aryl methyl sites for hydroxylation is 1. The highest BCUT2D eigenvalue weighted by atomic mass is 32.1. The zero-order valence-corrected chi connectivity index (χ0v) is 47.1. The molecule has 16 nitrogen and oxygen atoms in total. The molecule has 5 heterocycles. The maximum absolute atomic E-state index is 14.5. The van der Waals surface area contributed by atoms with Crippen LogP contribution in [0.2, 0.25) is 0 Å². The Labute approximate surface area is 489 Å². The number of pyridine rings is 2. The lowest BCUT2D eigenvalue weighted by Crippen LogP contribution is -2.38. The van der Waals surface area contributed by atoms with Crippen molar-refractivity contribution < 1.29 is 27.8 Å².